The summed E-state index contributed by atoms with van der Waals surface area (Å²) in [6, 6.07) is 14.2. The predicted octanol–water partition coefficient (Wildman–Crippen LogP) is 3.21. The van der Waals surface area contributed by atoms with Gasteiger partial charge in [-0.25, -0.2) is 16.8 Å². The van der Waals surface area contributed by atoms with Gasteiger partial charge in [-0.05, 0) is 49.2 Å². The first-order valence-corrected chi connectivity index (χ1v) is 12.3. The molecule has 1 aliphatic rings. The molecule has 2 aromatic carbocycles. The van der Waals surface area contributed by atoms with E-state index in [4.69, 9.17) is 0 Å². The molecule has 1 fully saturated rings. The third kappa shape index (κ3) is 3.98. The van der Waals surface area contributed by atoms with Crippen LogP contribution in [0.15, 0.2) is 70.6 Å². The molecule has 152 valence electrons. The Morgan fingerprint density at radius 1 is 0.793 bits per heavy atom. The van der Waals surface area contributed by atoms with Gasteiger partial charge < -0.3 is 0 Å². The van der Waals surface area contributed by atoms with Crippen molar-refractivity contribution in [2.24, 2.45) is 0 Å². The lowest BCUT2D eigenvalue weighted by molar-refractivity contribution is 0.346. The largest absolute Gasteiger partial charge is 0.277 e. The summed E-state index contributed by atoms with van der Waals surface area (Å²) in [6.45, 7) is 0.996. The molecule has 1 saturated heterocycles. The lowest BCUT2D eigenvalue weighted by Gasteiger charge is -2.25. The number of pyridine rings is 1. The van der Waals surface area contributed by atoms with Crippen LogP contribution in [-0.2, 0) is 20.0 Å². The van der Waals surface area contributed by atoms with Crippen LogP contribution < -0.4 is 4.72 Å². The van der Waals surface area contributed by atoms with Crippen molar-refractivity contribution in [2.75, 3.05) is 17.8 Å². The highest BCUT2D eigenvalue weighted by Gasteiger charge is 2.26. The van der Waals surface area contributed by atoms with Crippen LogP contribution in [0.2, 0.25) is 0 Å². The fourth-order valence-electron chi connectivity index (χ4n) is 3.44. The number of nitrogens with one attached hydrogen (secondary N) is 1. The van der Waals surface area contributed by atoms with Gasteiger partial charge in [0.15, 0.2) is 0 Å². The minimum absolute atomic E-state index is 0.0111. The molecular weight excluding hydrogens is 410 g/mol. The summed E-state index contributed by atoms with van der Waals surface area (Å²) in [5, 5.41) is 0.815. The molecule has 1 aromatic heterocycles. The normalized spacial score (nSPS) is 16.0. The van der Waals surface area contributed by atoms with Gasteiger partial charge in [0.05, 0.1) is 21.0 Å². The van der Waals surface area contributed by atoms with E-state index in [0.717, 1.165) is 24.6 Å². The van der Waals surface area contributed by atoms with E-state index in [1.165, 1.54) is 28.6 Å². The van der Waals surface area contributed by atoms with Crippen LogP contribution >= 0.6 is 0 Å². The number of rotatable bonds is 5. The Kier molecular flexibility index (Phi) is 5.28. The van der Waals surface area contributed by atoms with Crippen molar-refractivity contribution in [2.45, 2.75) is 29.1 Å². The fourth-order valence-corrected chi connectivity index (χ4v) is 6.02. The van der Waals surface area contributed by atoms with Gasteiger partial charge in [0, 0.05) is 24.7 Å². The molecule has 0 unspecified atom stereocenters. The second-order valence-electron chi connectivity index (χ2n) is 6.92. The van der Waals surface area contributed by atoms with Crippen LogP contribution in [-0.4, -0.2) is 39.2 Å². The number of benzene rings is 2. The molecule has 1 aliphatic heterocycles. The number of hydrogen-bond donors (Lipinski definition) is 1. The molecule has 3 aromatic rings. The molecule has 7 nitrogen and oxygen atoms in total. The average Bonchev–Trinajstić information content (AvgIpc) is 2.74. The molecule has 9 heteroatoms. The number of sulfonamides is 2. The lowest BCUT2D eigenvalue weighted by Crippen LogP contribution is -2.35. The first kappa shape index (κ1) is 19.8. The lowest BCUT2D eigenvalue weighted by atomic mass is 10.2. The van der Waals surface area contributed by atoms with E-state index in [1.807, 2.05) is 12.1 Å². The van der Waals surface area contributed by atoms with Crippen molar-refractivity contribution in [1.29, 1.82) is 0 Å². The number of nitrogens with zero attached hydrogens (tertiary/aromatic N) is 2. The van der Waals surface area contributed by atoms with Crippen LogP contribution in [0.3, 0.4) is 0 Å². The molecule has 0 aliphatic carbocycles. The molecule has 2 heterocycles. The predicted molar refractivity (Wildman–Crippen MR) is 112 cm³/mol. The zero-order valence-electron chi connectivity index (χ0n) is 15.7. The van der Waals surface area contributed by atoms with Gasteiger partial charge in [-0.3, -0.25) is 9.71 Å². The zero-order valence-corrected chi connectivity index (χ0v) is 17.3. The third-order valence-electron chi connectivity index (χ3n) is 4.96. The number of aromatic nitrogens is 1. The highest BCUT2D eigenvalue weighted by atomic mass is 32.2. The van der Waals surface area contributed by atoms with Crippen molar-refractivity contribution < 1.29 is 16.8 Å². The van der Waals surface area contributed by atoms with E-state index >= 15 is 0 Å². The van der Waals surface area contributed by atoms with Gasteiger partial charge in [-0.1, -0.05) is 24.6 Å². The maximum absolute atomic E-state index is 12.8. The molecule has 1 N–H and O–H groups in total. The van der Waals surface area contributed by atoms with Gasteiger partial charge in [0.2, 0.25) is 10.0 Å². The number of para-hydroxylation sites is 1. The van der Waals surface area contributed by atoms with Gasteiger partial charge in [0.1, 0.15) is 0 Å². The summed E-state index contributed by atoms with van der Waals surface area (Å²) >= 11 is 0. The summed E-state index contributed by atoms with van der Waals surface area (Å²) in [5.41, 5.74) is 0.913. The molecule has 0 radical (unpaired) electrons. The van der Waals surface area contributed by atoms with Crippen molar-refractivity contribution in [1.82, 2.24) is 9.29 Å². The molecular formula is C20H21N3O4S2. The first-order chi connectivity index (χ1) is 13.9. The van der Waals surface area contributed by atoms with E-state index in [9.17, 15) is 16.8 Å². The minimum Gasteiger partial charge on any atom is -0.277 e. The molecule has 0 amide bonds. The standard InChI is InChI=1S/C20H21N3O4S2/c24-28(25,22-19-8-4-6-16-7-5-13-21-20(16)19)17-9-11-18(12-10-17)29(26,27)23-14-2-1-3-15-23/h4-13,22H,1-3,14-15H2. The molecule has 0 atom stereocenters. The van der Waals surface area contributed by atoms with Gasteiger partial charge in [0.25, 0.3) is 10.0 Å². The van der Waals surface area contributed by atoms with Gasteiger partial charge >= 0.3 is 0 Å². The summed E-state index contributed by atoms with van der Waals surface area (Å²) in [7, 11) is -7.49. The molecule has 0 bridgehead atoms. The van der Waals surface area contributed by atoms with E-state index < -0.39 is 20.0 Å². The fraction of sp³-hybridized carbons (Fsp3) is 0.250. The number of piperidine rings is 1. The first-order valence-electron chi connectivity index (χ1n) is 9.35. The van der Waals surface area contributed by atoms with E-state index in [-0.39, 0.29) is 9.79 Å². The molecule has 0 spiro atoms. The average molecular weight is 432 g/mol. The van der Waals surface area contributed by atoms with Crippen molar-refractivity contribution in [3.05, 3.63) is 60.8 Å². The second kappa shape index (κ2) is 7.74. The van der Waals surface area contributed by atoms with E-state index in [1.54, 1.807) is 24.4 Å². The van der Waals surface area contributed by atoms with Gasteiger partial charge in [-0.2, -0.15) is 4.31 Å². The van der Waals surface area contributed by atoms with Gasteiger partial charge in [-0.15, -0.1) is 0 Å². The topological polar surface area (TPSA) is 96.4 Å². The Morgan fingerprint density at radius 3 is 2.17 bits per heavy atom. The van der Waals surface area contributed by atoms with Crippen LogP contribution in [0.5, 0.6) is 0 Å². The van der Waals surface area contributed by atoms with Crippen LogP contribution in [0, 0.1) is 0 Å². The SMILES string of the molecule is O=S(=O)(Nc1cccc2cccnc12)c1ccc(S(=O)(=O)N2CCCCC2)cc1. The number of anilines is 1. The van der Waals surface area contributed by atoms with E-state index in [0.29, 0.717) is 24.3 Å². The third-order valence-corrected chi connectivity index (χ3v) is 8.26. The number of hydrogen-bond acceptors (Lipinski definition) is 5. The second-order valence-corrected chi connectivity index (χ2v) is 10.5. The summed E-state index contributed by atoms with van der Waals surface area (Å²) in [4.78, 5) is 4.34. The van der Waals surface area contributed by atoms with Crippen LogP contribution in [0.4, 0.5) is 5.69 Å². The molecule has 29 heavy (non-hydrogen) atoms. The van der Waals surface area contributed by atoms with Crippen LogP contribution in [0.1, 0.15) is 19.3 Å². The molecule has 0 saturated carbocycles. The van der Waals surface area contributed by atoms with Crippen LogP contribution in [0.25, 0.3) is 10.9 Å². The Hall–Kier alpha value is -2.49. The van der Waals surface area contributed by atoms with Crippen molar-refractivity contribution in [3.63, 3.8) is 0 Å². The highest BCUT2D eigenvalue weighted by Crippen LogP contribution is 2.25. The summed E-state index contributed by atoms with van der Waals surface area (Å²) < 4.78 is 55.1. The monoisotopic (exact) mass is 431 g/mol. The Balaban J connectivity index is 1.61. The number of fused-ring (bicyclic) bond motifs is 1. The Labute approximate surface area is 170 Å². The van der Waals surface area contributed by atoms with Crippen molar-refractivity contribution in [3.8, 4) is 0 Å². The van der Waals surface area contributed by atoms with E-state index in [2.05, 4.69) is 9.71 Å². The maximum Gasteiger partial charge on any atom is 0.261 e. The smallest absolute Gasteiger partial charge is 0.261 e. The zero-order chi connectivity index (χ0) is 20.5. The highest BCUT2D eigenvalue weighted by molar-refractivity contribution is 7.92. The molecule has 4 rings (SSSR count). The Morgan fingerprint density at radius 2 is 1.45 bits per heavy atom. The maximum atomic E-state index is 12.8. The Bertz CT molecular complexity index is 1230. The quantitative estimate of drug-likeness (QED) is 0.669. The summed E-state index contributed by atoms with van der Waals surface area (Å²) in [6.07, 6.45) is 4.31. The minimum atomic E-state index is -3.89. The summed E-state index contributed by atoms with van der Waals surface area (Å²) in [5.74, 6) is 0. The van der Waals surface area contributed by atoms with Crippen molar-refractivity contribution >= 4 is 36.6 Å².